The van der Waals surface area contributed by atoms with Crippen LogP contribution in [0.4, 0.5) is 10.5 Å². The van der Waals surface area contributed by atoms with Crippen LogP contribution in [0.15, 0.2) is 79.1 Å². The molecule has 7 nitrogen and oxygen atoms in total. The van der Waals surface area contributed by atoms with Crippen molar-refractivity contribution in [2.45, 2.75) is 13.1 Å². The number of nitrogens with one attached hydrogen (secondary N) is 2. The van der Waals surface area contributed by atoms with Crippen LogP contribution in [0.2, 0.25) is 0 Å². The van der Waals surface area contributed by atoms with Crippen molar-refractivity contribution in [3.63, 3.8) is 0 Å². The van der Waals surface area contributed by atoms with Crippen molar-refractivity contribution in [3.05, 3.63) is 95.8 Å². The van der Waals surface area contributed by atoms with Crippen LogP contribution in [0, 0.1) is 0 Å². The van der Waals surface area contributed by atoms with E-state index >= 15 is 0 Å². The highest BCUT2D eigenvalue weighted by atomic mass is 16.2. The number of benzene rings is 3. The summed E-state index contributed by atoms with van der Waals surface area (Å²) in [6.45, 7) is 2.42. The molecule has 1 aromatic heterocycles. The summed E-state index contributed by atoms with van der Waals surface area (Å²) in [4.78, 5) is 30.5. The molecule has 0 unspecified atom stereocenters. The number of imidazole rings is 1. The SMILES string of the molecule is O=C(NCc1cccc(Cn2cnc3ccccc32)c1)c1ccc(N2CCNC2=O)cc1. The maximum absolute atomic E-state index is 12.6. The standard InChI is InChI=1S/C25H23N5O2/c31-24(20-8-10-21(11-9-20)30-13-12-26-25(30)32)27-15-18-4-3-5-19(14-18)16-29-17-28-22-6-1-2-7-23(22)29/h1-11,14,17H,12-13,15-16H2,(H,26,32)(H,27,31). The number of para-hydroxylation sites is 2. The van der Waals surface area contributed by atoms with Gasteiger partial charge in [0.1, 0.15) is 0 Å². The molecule has 32 heavy (non-hydrogen) atoms. The number of anilines is 1. The normalized spacial score (nSPS) is 13.4. The first-order chi connectivity index (χ1) is 15.7. The van der Waals surface area contributed by atoms with Crippen LogP contribution in [-0.2, 0) is 13.1 Å². The predicted octanol–water partition coefficient (Wildman–Crippen LogP) is 3.54. The van der Waals surface area contributed by atoms with E-state index in [4.69, 9.17) is 0 Å². The molecule has 1 saturated heterocycles. The van der Waals surface area contributed by atoms with Crippen molar-refractivity contribution >= 4 is 28.7 Å². The van der Waals surface area contributed by atoms with E-state index < -0.39 is 0 Å². The monoisotopic (exact) mass is 425 g/mol. The third kappa shape index (κ3) is 4.05. The van der Waals surface area contributed by atoms with Gasteiger partial charge in [0.05, 0.1) is 17.4 Å². The highest BCUT2D eigenvalue weighted by Crippen LogP contribution is 2.18. The molecule has 1 aliphatic rings. The van der Waals surface area contributed by atoms with E-state index in [2.05, 4.69) is 38.4 Å². The quantitative estimate of drug-likeness (QED) is 0.496. The molecular formula is C25H23N5O2. The van der Waals surface area contributed by atoms with Crippen LogP contribution in [0.1, 0.15) is 21.5 Å². The second kappa shape index (κ2) is 8.55. The Labute approximate surface area is 185 Å². The Bertz CT molecular complexity index is 1280. The zero-order valence-corrected chi connectivity index (χ0v) is 17.5. The van der Waals surface area contributed by atoms with Crippen molar-refractivity contribution < 1.29 is 9.59 Å². The molecule has 4 aromatic rings. The highest BCUT2D eigenvalue weighted by molar-refractivity contribution is 5.97. The Kier molecular flexibility index (Phi) is 5.29. The van der Waals surface area contributed by atoms with Crippen molar-refractivity contribution in [1.82, 2.24) is 20.2 Å². The smallest absolute Gasteiger partial charge is 0.321 e. The largest absolute Gasteiger partial charge is 0.348 e. The Morgan fingerprint density at radius 3 is 2.62 bits per heavy atom. The number of aromatic nitrogens is 2. The first-order valence-electron chi connectivity index (χ1n) is 10.6. The van der Waals surface area contributed by atoms with E-state index in [9.17, 15) is 9.59 Å². The molecule has 3 aromatic carbocycles. The number of nitrogens with zero attached hydrogens (tertiary/aromatic N) is 3. The summed E-state index contributed by atoms with van der Waals surface area (Å²) in [5.41, 5.74) is 5.61. The molecule has 1 fully saturated rings. The fourth-order valence-electron chi connectivity index (χ4n) is 3.97. The number of carbonyl (C=O) groups is 2. The third-order valence-electron chi connectivity index (χ3n) is 5.62. The van der Waals surface area contributed by atoms with Gasteiger partial charge in [-0.25, -0.2) is 9.78 Å². The van der Waals surface area contributed by atoms with E-state index in [1.54, 1.807) is 29.2 Å². The van der Waals surface area contributed by atoms with Gasteiger partial charge in [-0.3, -0.25) is 9.69 Å². The van der Waals surface area contributed by atoms with Crippen LogP contribution < -0.4 is 15.5 Å². The third-order valence-corrected chi connectivity index (χ3v) is 5.62. The number of amides is 3. The van der Waals surface area contributed by atoms with Gasteiger partial charge in [-0.15, -0.1) is 0 Å². The van der Waals surface area contributed by atoms with E-state index in [0.717, 1.165) is 27.8 Å². The maximum Gasteiger partial charge on any atom is 0.321 e. The van der Waals surface area contributed by atoms with Crippen LogP contribution >= 0.6 is 0 Å². The van der Waals surface area contributed by atoms with E-state index in [0.29, 0.717) is 31.7 Å². The molecule has 7 heteroatoms. The van der Waals surface area contributed by atoms with E-state index in [-0.39, 0.29) is 11.9 Å². The first-order valence-corrected chi connectivity index (χ1v) is 10.6. The molecule has 0 radical (unpaired) electrons. The molecule has 5 rings (SSSR count). The lowest BCUT2D eigenvalue weighted by Crippen LogP contribution is -2.28. The Morgan fingerprint density at radius 2 is 1.81 bits per heavy atom. The van der Waals surface area contributed by atoms with Crippen LogP contribution in [-0.4, -0.2) is 34.6 Å². The Hall–Kier alpha value is -4.13. The fourth-order valence-corrected chi connectivity index (χ4v) is 3.97. The second-order valence-electron chi connectivity index (χ2n) is 7.79. The zero-order chi connectivity index (χ0) is 21.9. The second-order valence-corrected chi connectivity index (χ2v) is 7.79. The Morgan fingerprint density at radius 1 is 1.00 bits per heavy atom. The lowest BCUT2D eigenvalue weighted by Gasteiger charge is -2.14. The number of carbonyl (C=O) groups excluding carboxylic acids is 2. The topological polar surface area (TPSA) is 79.3 Å². The summed E-state index contributed by atoms with van der Waals surface area (Å²) >= 11 is 0. The number of hydrogen-bond donors (Lipinski definition) is 2. The summed E-state index contributed by atoms with van der Waals surface area (Å²) in [7, 11) is 0. The number of fused-ring (bicyclic) bond motifs is 1. The van der Waals surface area contributed by atoms with Gasteiger partial charge in [-0.05, 0) is 47.5 Å². The fraction of sp³-hybridized carbons (Fsp3) is 0.160. The zero-order valence-electron chi connectivity index (χ0n) is 17.5. The van der Waals surface area contributed by atoms with Gasteiger partial charge in [-0.2, -0.15) is 0 Å². The Balaban J connectivity index is 1.22. The lowest BCUT2D eigenvalue weighted by atomic mass is 10.1. The van der Waals surface area contributed by atoms with E-state index in [1.165, 1.54) is 0 Å². The summed E-state index contributed by atoms with van der Waals surface area (Å²) in [6.07, 6.45) is 1.86. The molecule has 0 saturated carbocycles. The summed E-state index contributed by atoms with van der Waals surface area (Å²) < 4.78 is 2.12. The molecule has 3 amide bonds. The minimum Gasteiger partial charge on any atom is -0.348 e. The minimum absolute atomic E-state index is 0.106. The molecule has 0 atom stereocenters. The summed E-state index contributed by atoms with van der Waals surface area (Å²) in [6, 6.07) is 23.2. The lowest BCUT2D eigenvalue weighted by molar-refractivity contribution is 0.0951. The number of urea groups is 1. The van der Waals surface area contributed by atoms with E-state index in [1.807, 2.05) is 36.7 Å². The molecule has 160 valence electrons. The van der Waals surface area contributed by atoms with Gasteiger partial charge in [0.25, 0.3) is 5.91 Å². The van der Waals surface area contributed by atoms with Gasteiger partial charge in [0.2, 0.25) is 0 Å². The summed E-state index contributed by atoms with van der Waals surface area (Å²) in [5, 5.41) is 5.75. The van der Waals surface area contributed by atoms with Gasteiger partial charge < -0.3 is 15.2 Å². The van der Waals surface area contributed by atoms with Gasteiger partial charge in [0, 0.05) is 37.4 Å². The van der Waals surface area contributed by atoms with Crippen molar-refractivity contribution in [3.8, 4) is 0 Å². The number of hydrogen-bond acceptors (Lipinski definition) is 3. The van der Waals surface area contributed by atoms with Crippen LogP contribution in [0.3, 0.4) is 0 Å². The van der Waals surface area contributed by atoms with Crippen LogP contribution in [0.25, 0.3) is 11.0 Å². The maximum atomic E-state index is 12.6. The highest BCUT2D eigenvalue weighted by Gasteiger charge is 2.21. The molecular weight excluding hydrogens is 402 g/mol. The first kappa shape index (κ1) is 19.8. The summed E-state index contributed by atoms with van der Waals surface area (Å²) in [5.74, 6) is -0.145. The van der Waals surface area contributed by atoms with Crippen molar-refractivity contribution in [1.29, 1.82) is 0 Å². The van der Waals surface area contributed by atoms with Gasteiger partial charge in [0.15, 0.2) is 0 Å². The number of rotatable bonds is 6. The molecule has 2 heterocycles. The molecule has 2 N–H and O–H groups in total. The minimum atomic E-state index is -0.145. The molecule has 0 bridgehead atoms. The average molecular weight is 425 g/mol. The average Bonchev–Trinajstić information content (AvgIpc) is 3.44. The molecule has 0 spiro atoms. The van der Waals surface area contributed by atoms with Gasteiger partial charge >= 0.3 is 6.03 Å². The molecule has 1 aliphatic heterocycles. The molecule has 0 aliphatic carbocycles. The van der Waals surface area contributed by atoms with Crippen molar-refractivity contribution in [2.75, 3.05) is 18.0 Å². The van der Waals surface area contributed by atoms with Crippen LogP contribution in [0.5, 0.6) is 0 Å². The van der Waals surface area contributed by atoms with Crippen molar-refractivity contribution in [2.24, 2.45) is 0 Å². The predicted molar refractivity (Wildman–Crippen MR) is 124 cm³/mol. The van der Waals surface area contributed by atoms with Gasteiger partial charge in [-0.1, -0.05) is 36.4 Å².